The van der Waals surface area contributed by atoms with Gasteiger partial charge in [-0.3, -0.25) is 0 Å². The normalized spacial score (nSPS) is 18.2. The molecule has 144 valence electrons. The van der Waals surface area contributed by atoms with Gasteiger partial charge in [-0.15, -0.1) is 0 Å². The minimum atomic E-state index is -0.931. The van der Waals surface area contributed by atoms with Crippen LogP contribution in [0, 0.1) is 5.92 Å². The average molecular weight is 362 g/mol. The van der Waals surface area contributed by atoms with Gasteiger partial charge in [-0.05, 0) is 51.3 Å². The van der Waals surface area contributed by atoms with Gasteiger partial charge in [0.05, 0.1) is 5.56 Å². The minimum Gasteiger partial charge on any atom is -0.478 e. The Balaban J connectivity index is 2.19. The first-order chi connectivity index (χ1) is 12.1. The number of ether oxygens (including phenoxy) is 1. The van der Waals surface area contributed by atoms with E-state index in [0.29, 0.717) is 25.6 Å². The molecule has 1 atom stereocenters. The third kappa shape index (κ3) is 5.38. The Morgan fingerprint density at radius 1 is 1.27 bits per heavy atom. The predicted octanol–water partition coefficient (Wildman–Crippen LogP) is 3.86. The number of aromatic carboxylic acids is 1. The third-order valence-corrected chi connectivity index (χ3v) is 4.30. The molecule has 1 heterocycles. The van der Waals surface area contributed by atoms with Crippen molar-refractivity contribution in [2.24, 2.45) is 5.92 Å². The number of carbonyl (C=O) groups is 2. The van der Waals surface area contributed by atoms with Gasteiger partial charge in [-0.25, -0.2) is 9.59 Å². The van der Waals surface area contributed by atoms with Crippen LogP contribution in [0.15, 0.2) is 24.3 Å². The van der Waals surface area contributed by atoms with Crippen LogP contribution >= 0.6 is 0 Å². The van der Waals surface area contributed by atoms with Crippen molar-refractivity contribution in [1.82, 2.24) is 4.90 Å². The van der Waals surface area contributed by atoms with Crippen molar-refractivity contribution < 1.29 is 19.4 Å². The monoisotopic (exact) mass is 362 g/mol. The molecule has 0 bridgehead atoms. The van der Waals surface area contributed by atoms with E-state index < -0.39 is 11.6 Å². The van der Waals surface area contributed by atoms with Crippen LogP contribution in [-0.4, -0.2) is 53.3 Å². The van der Waals surface area contributed by atoms with Crippen molar-refractivity contribution in [2.75, 3.05) is 24.5 Å². The highest BCUT2D eigenvalue weighted by Gasteiger charge is 2.32. The van der Waals surface area contributed by atoms with Crippen LogP contribution in [-0.2, 0) is 4.74 Å². The molecular formula is C20H30N2O4. The molecule has 1 fully saturated rings. The lowest BCUT2D eigenvalue weighted by Crippen LogP contribution is -2.56. The summed E-state index contributed by atoms with van der Waals surface area (Å²) in [6.07, 6.45) is 0.626. The van der Waals surface area contributed by atoms with Crippen LogP contribution in [0.25, 0.3) is 0 Å². The summed E-state index contributed by atoms with van der Waals surface area (Å²) >= 11 is 0. The van der Waals surface area contributed by atoms with Gasteiger partial charge in [0.2, 0.25) is 0 Å². The molecule has 0 aromatic heterocycles. The van der Waals surface area contributed by atoms with Gasteiger partial charge in [0.15, 0.2) is 0 Å². The Kier molecular flexibility index (Phi) is 6.16. The first-order valence-corrected chi connectivity index (χ1v) is 9.15. The molecule has 1 N–H and O–H groups in total. The Hall–Kier alpha value is -2.24. The molecule has 6 nitrogen and oxygen atoms in total. The molecule has 6 heteroatoms. The van der Waals surface area contributed by atoms with Gasteiger partial charge >= 0.3 is 12.1 Å². The number of piperazine rings is 1. The summed E-state index contributed by atoms with van der Waals surface area (Å²) in [5, 5.41) is 9.25. The number of amides is 1. The zero-order valence-corrected chi connectivity index (χ0v) is 16.4. The molecule has 0 saturated carbocycles. The van der Waals surface area contributed by atoms with Crippen molar-refractivity contribution in [2.45, 2.75) is 52.7 Å². The average Bonchev–Trinajstić information content (AvgIpc) is 2.52. The third-order valence-electron chi connectivity index (χ3n) is 4.30. The highest BCUT2D eigenvalue weighted by molar-refractivity contribution is 5.88. The van der Waals surface area contributed by atoms with E-state index in [2.05, 4.69) is 18.7 Å². The summed E-state index contributed by atoms with van der Waals surface area (Å²) in [6, 6.07) is 7.13. The minimum absolute atomic E-state index is 0.125. The number of carboxylic acid groups (broad SMARTS) is 1. The Morgan fingerprint density at radius 3 is 2.54 bits per heavy atom. The molecule has 0 spiro atoms. The van der Waals surface area contributed by atoms with Gasteiger partial charge < -0.3 is 19.6 Å². The van der Waals surface area contributed by atoms with Crippen LogP contribution in [0.5, 0.6) is 0 Å². The number of anilines is 1. The summed E-state index contributed by atoms with van der Waals surface area (Å²) < 4.78 is 5.51. The molecule has 26 heavy (non-hydrogen) atoms. The summed E-state index contributed by atoms with van der Waals surface area (Å²) in [7, 11) is 0. The Morgan fingerprint density at radius 2 is 1.96 bits per heavy atom. The lowest BCUT2D eigenvalue weighted by molar-refractivity contribution is 0.0208. The van der Waals surface area contributed by atoms with Crippen molar-refractivity contribution >= 4 is 17.7 Å². The second kappa shape index (κ2) is 7.98. The van der Waals surface area contributed by atoms with Crippen LogP contribution in [0.1, 0.15) is 51.4 Å². The molecule has 0 unspecified atom stereocenters. The lowest BCUT2D eigenvalue weighted by atomic mass is 9.99. The molecule has 1 aromatic carbocycles. The number of nitrogens with zero attached hydrogens (tertiary/aromatic N) is 2. The Labute approximate surface area is 155 Å². The maximum Gasteiger partial charge on any atom is 0.410 e. The largest absolute Gasteiger partial charge is 0.478 e. The topological polar surface area (TPSA) is 70.1 Å². The van der Waals surface area contributed by atoms with Crippen LogP contribution in [0.4, 0.5) is 10.5 Å². The second-order valence-corrected chi connectivity index (χ2v) is 8.26. The predicted molar refractivity (Wildman–Crippen MR) is 102 cm³/mol. The van der Waals surface area contributed by atoms with Crippen LogP contribution in [0.3, 0.4) is 0 Å². The summed E-state index contributed by atoms with van der Waals surface area (Å²) in [5.41, 5.74) is 0.650. The van der Waals surface area contributed by atoms with E-state index in [4.69, 9.17) is 4.74 Å². The summed E-state index contributed by atoms with van der Waals surface area (Å²) in [4.78, 5) is 27.7. The molecule has 1 amide bonds. The van der Waals surface area contributed by atoms with E-state index in [1.165, 1.54) is 0 Å². The molecule has 0 aliphatic carbocycles. The smallest absolute Gasteiger partial charge is 0.410 e. The van der Waals surface area contributed by atoms with E-state index >= 15 is 0 Å². The molecular weight excluding hydrogens is 332 g/mol. The molecule has 1 aromatic rings. The Bertz CT molecular complexity index is 651. The first-order valence-electron chi connectivity index (χ1n) is 9.15. The van der Waals surface area contributed by atoms with Crippen molar-refractivity contribution in [3.63, 3.8) is 0 Å². The maximum absolute atomic E-state index is 12.4. The van der Waals surface area contributed by atoms with Gasteiger partial charge in [-0.1, -0.05) is 19.9 Å². The molecule has 2 rings (SSSR count). The van der Waals surface area contributed by atoms with Crippen LogP contribution in [0.2, 0.25) is 0 Å². The fourth-order valence-electron chi connectivity index (χ4n) is 3.25. The SMILES string of the molecule is CC(C)C[C@H]1CN(C(=O)OC(C)(C)C)CCN1c1cccc(C(=O)O)c1. The van der Waals surface area contributed by atoms with Crippen molar-refractivity contribution in [1.29, 1.82) is 0 Å². The van der Waals surface area contributed by atoms with Crippen molar-refractivity contribution in [3.05, 3.63) is 29.8 Å². The van der Waals surface area contributed by atoms with E-state index in [0.717, 1.165) is 12.1 Å². The zero-order valence-electron chi connectivity index (χ0n) is 16.4. The van der Waals surface area contributed by atoms with Gasteiger partial charge in [0.1, 0.15) is 5.60 Å². The number of rotatable bonds is 4. The standard InChI is InChI=1S/C20H30N2O4/c1-14(2)11-17-13-21(19(25)26-20(3,4)5)9-10-22(17)16-8-6-7-15(12-16)18(23)24/h6-8,12,14,17H,9-11,13H2,1-5H3,(H,23,24)/t17-/m0/s1. The lowest BCUT2D eigenvalue weighted by Gasteiger charge is -2.43. The molecule has 0 radical (unpaired) electrons. The number of hydrogen-bond acceptors (Lipinski definition) is 4. The second-order valence-electron chi connectivity index (χ2n) is 8.26. The van der Waals surface area contributed by atoms with Crippen LogP contribution < -0.4 is 4.90 Å². The van der Waals surface area contributed by atoms with Gasteiger partial charge in [0.25, 0.3) is 0 Å². The van der Waals surface area contributed by atoms with E-state index in [-0.39, 0.29) is 17.7 Å². The zero-order chi connectivity index (χ0) is 19.5. The van der Waals surface area contributed by atoms with E-state index in [1.54, 1.807) is 23.1 Å². The number of benzene rings is 1. The van der Waals surface area contributed by atoms with E-state index in [9.17, 15) is 14.7 Å². The number of carbonyl (C=O) groups excluding carboxylic acids is 1. The fourth-order valence-corrected chi connectivity index (χ4v) is 3.25. The fraction of sp³-hybridized carbons (Fsp3) is 0.600. The number of carboxylic acids is 1. The summed E-state index contributed by atoms with van der Waals surface area (Å²) in [6.45, 7) is 11.7. The highest BCUT2D eigenvalue weighted by atomic mass is 16.6. The van der Waals surface area contributed by atoms with E-state index in [1.807, 2.05) is 26.8 Å². The molecule has 1 aliphatic rings. The first kappa shape index (κ1) is 20.1. The quantitative estimate of drug-likeness (QED) is 0.881. The molecule has 1 aliphatic heterocycles. The summed E-state index contributed by atoms with van der Waals surface area (Å²) in [5.74, 6) is -0.469. The number of hydrogen-bond donors (Lipinski definition) is 1. The van der Waals surface area contributed by atoms with Gasteiger partial charge in [-0.2, -0.15) is 0 Å². The highest BCUT2D eigenvalue weighted by Crippen LogP contribution is 2.26. The maximum atomic E-state index is 12.4. The van der Waals surface area contributed by atoms with Gasteiger partial charge in [0, 0.05) is 31.4 Å². The van der Waals surface area contributed by atoms with Crippen molar-refractivity contribution in [3.8, 4) is 0 Å². The molecule has 1 saturated heterocycles.